The zero-order valence-electron chi connectivity index (χ0n) is 15.9. The number of halogens is 1. The van der Waals surface area contributed by atoms with Gasteiger partial charge in [-0.15, -0.1) is 12.4 Å². The number of benzene rings is 2. The predicted octanol–water partition coefficient (Wildman–Crippen LogP) is 2.66. The Bertz CT molecular complexity index is 885. The van der Waals surface area contributed by atoms with Gasteiger partial charge in [-0.05, 0) is 44.2 Å². The van der Waals surface area contributed by atoms with E-state index in [1.54, 1.807) is 31.3 Å². The smallest absolute Gasteiger partial charge is 0.264 e. The Kier molecular flexibility index (Phi) is 7.83. The Morgan fingerprint density at radius 2 is 1.70 bits per heavy atom. The molecule has 6 nitrogen and oxygen atoms in total. The van der Waals surface area contributed by atoms with E-state index in [9.17, 15) is 13.2 Å². The van der Waals surface area contributed by atoms with Crippen LogP contribution in [0.15, 0.2) is 53.4 Å². The topological polar surface area (TPSA) is 83.7 Å². The van der Waals surface area contributed by atoms with Crippen molar-refractivity contribution in [3.05, 3.63) is 59.7 Å². The summed E-state index contributed by atoms with van der Waals surface area (Å²) in [6.07, 6.45) is 0. The summed E-state index contributed by atoms with van der Waals surface area (Å²) in [6.45, 7) is 4.10. The summed E-state index contributed by atoms with van der Waals surface area (Å²) in [5.41, 5.74) is 7.52. The first-order chi connectivity index (χ1) is 12.2. The fraction of sp³-hybridized carbons (Fsp3) is 0.316. The number of hydrogen-bond donors (Lipinski definition) is 1. The normalized spacial score (nSPS) is 12.0. The minimum absolute atomic E-state index is 0. The fourth-order valence-electron chi connectivity index (χ4n) is 2.40. The Hall–Kier alpha value is -2.09. The largest absolute Gasteiger partial charge is 0.338 e. The average molecular weight is 412 g/mol. The number of likely N-dealkylation sites (N-methyl/N-ethyl adjacent to an activating group) is 1. The van der Waals surface area contributed by atoms with E-state index in [0.29, 0.717) is 17.8 Å². The number of carbonyl (C=O) groups is 1. The summed E-state index contributed by atoms with van der Waals surface area (Å²) in [7, 11) is -0.625. The molecule has 2 N–H and O–H groups in total. The molecule has 0 saturated carbocycles. The molecule has 27 heavy (non-hydrogen) atoms. The summed E-state index contributed by atoms with van der Waals surface area (Å²) >= 11 is 0. The number of amides is 1. The molecule has 1 unspecified atom stereocenters. The maximum atomic E-state index is 12.9. The Morgan fingerprint density at radius 3 is 2.26 bits per heavy atom. The monoisotopic (exact) mass is 411 g/mol. The third-order valence-corrected chi connectivity index (χ3v) is 6.24. The first kappa shape index (κ1) is 23.0. The summed E-state index contributed by atoms with van der Waals surface area (Å²) in [5.74, 6) is -0.266. The van der Waals surface area contributed by atoms with Gasteiger partial charge in [-0.2, -0.15) is 0 Å². The third kappa shape index (κ3) is 5.00. The Morgan fingerprint density at radius 1 is 1.11 bits per heavy atom. The number of nitrogens with zero attached hydrogens (tertiary/aromatic N) is 2. The number of hydrogen-bond acceptors (Lipinski definition) is 4. The minimum Gasteiger partial charge on any atom is -0.338 e. The molecule has 0 radical (unpaired) electrons. The highest BCUT2D eigenvalue weighted by atomic mass is 35.5. The number of rotatable bonds is 6. The maximum absolute atomic E-state index is 12.9. The lowest BCUT2D eigenvalue weighted by Gasteiger charge is -2.24. The van der Waals surface area contributed by atoms with Crippen LogP contribution in [0.1, 0.15) is 22.8 Å². The molecular weight excluding hydrogens is 386 g/mol. The van der Waals surface area contributed by atoms with Crippen molar-refractivity contribution in [1.82, 2.24) is 4.90 Å². The average Bonchev–Trinajstić information content (AvgIpc) is 2.66. The van der Waals surface area contributed by atoms with Gasteiger partial charge in [0.2, 0.25) is 0 Å². The first-order valence-electron chi connectivity index (χ1n) is 8.31. The van der Waals surface area contributed by atoms with Crippen LogP contribution in [-0.4, -0.2) is 45.9 Å². The molecule has 0 aliphatic rings. The quantitative estimate of drug-likeness (QED) is 0.791. The minimum atomic E-state index is -3.77. The number of carbonyl (C=O) groups excluding carboxylic acids is 1. The lowest BCUT2D eigenvalue weighted by atomic mass is 10.2. The van der Waals surface area contributed by atoms with E-state index in [1.165, 1.54) is 28.4 Å². The zero-order valence-corrected chi connectivity index (χ0v) is 17.5. The van der Waals surface area contributed by atoms with Gasteiger partial charge in [0.25, 0.3) is 15.9 Å². The van der Waals surface area contributed by atoms with E-state index in [0.717, 1.165) is 5.56 Å². The highest BCUT2D eigenvalue weighted by Crippen LogP contribution is 2.23. The van der Waals surface area contributed by atoms with Gasteiger partial charge in [-0.3, -0.25) is 9.10 Å². The van der Waals surface area contributed by atoms with E-state index in [1.807, 2.05) is 26.0 Å². The highest BCUT2D eigenvalue weighted by molar-refractivity contribution is 7.92. The molecule has 0 aliphatic carbocycles. The molecule has 0 aromatic heterocycles. The first-order valence-corrected chi connectivity index (χ1v) is 9.75. The van der Waals surface area contributed by atoms with Crippen molar-refractivity contribution >= 4 is 34.0 Å². The lowest BCUT2D eigenvalue weighted by Crippen LogP contribution is -2.39. The zero-order chi connectivity index (χ0) is 19.5. The van der Waals surface area contributed by atoms with E-state index < -0.39 is 10.0 Å². The second-order valence-corrected chi connectivity index (χ2v) is 8.31. The van der Waals surface area contributed by atoms with Crippen LogP contribution < -0.4 is 10.0 Å². The van der Waals surface area contributed by atoms with E-state index in [-0.39, 0.29) is 29.3 Å². The summed E-state index contributed by atoms with van der Waals surface area (Å²) in [4.78, 5) is 14.1. The van der Waals surface area contributed by atoms with Crippen LogP contribution in [0, 0.1) is 6.92 Å². The second kappa shape index (κ2) is 9.21. The van der Waals surface area contributed by atoms with Crippen LogP contribution in [0.3, 0.4) is 0 Å². The van der Waals surface area contributed by atoms with Crippen LogP contribution in [0.5, 0.6) is 0 Å². The molecule has 1 atom stereocenters. The standard InChI is InChI=1S/C19H25N3O3S.ClH/c1-14-8-10-17(11-9-14)22(4)26(24,25)18-7-5-6-16(12-18)19(23)21(3)15(2)13-20;/h5-12,15H,13,20H2,1-4H3;1H. The summed E-state index contributed by atoms with van der Waals surface area (Å²) in [5, 5.41) is 0. The van der Waals surface area contributed by atoms with Crippen LogP contribution in [0.25, 0.3) is 0 Å². The van der Waals surface area contributed by atoms with Crippen molar-refractivity contribution < 1.29 is 13.2 Å². The Balaban J connectivity index is 0.00000364. The van der Waals surface area contributed by atoms with Crippen LogP contribution >= 0.6 is 12.4 Å². The van der Waals surface area contributed by atoms with Crippen molar-refractivity contribution in [3.63, 3.8) is 0 Å². The maximum Gasteiger partial charge on any atom is 0.264 e. The predicted molar refractivity (Wildman–Crippen MR) is 111 cm³/mol. The fourth-order valence-corrected chi connectivity index (χ4v) is 3.64. The molecule has 0 aliphatic heterocycles. The van der Waals surface area contributed by atoms with E-state index in [2.05, 4.69) is 0 Å². The molecule has 0 bridgehead atoms. The SMILES string of the molecule is Cc1ccc(N(C)S(=O)(=O)c2cccc(C(=O)N(C)C(C)CN)c2)cc1.Cl. The molecule has 0 spiro atoms. The molecule has 0 fully saturated rings. The third-order valence-electron chi connectivity index (χ3n) is 4.46. The second-order valence-electron chi connectivity index (χ2n) is 6.34. The van der Waals surface area contributed by atoms with Crippen molar-refractivity contribution in [3.8, 4) is 0 Å². The van der Waals surface area contributed by atoms with Crippen LogP contribution in [-0.2, 0) is 10.0 Å². The summed E-state index contributed by atoms with van der Waals surface area (Å²) < 4.78 is 27.1. The van der Waals surface area contributed by atoms with Gasteiger partial charge in [0.15, 0.2) is 0 Å². The molecule has 0 saturated heterocycles. The Labute approximate surface area is 167 Å². The molecule has 1 amide bonds. The van der Waals surface area contributed by atoms with Gasteiger partial charge in [0.1, 0.15) is 0 Å². The molecule has 2 aromatic rings. The number of nitrogens with two attached hydrogens (primary N) is 1. The molecular formula is C19H26ClN3O3S. The number of aryl methyl sites for hydroxylation is 1. The van der Waals surface area contributed by atoms with Crippen molar-refractivity contribution in [2.75, 3.05) is 24.9 Å². The molecule has 2 rings (SSSR count). The highest BCUT2D eigenvalue weighted by Gasteiger charge is 2.24. The van der Waals surface area contributed by atoms with Crippen molar-refractivity contribution in [1.29, 1.82) is 0 Å². The molecule has 148 valence electrons. The van der Waals surface area contributed by atoms with Gasteiger partial charge >= 0.3 is 0 Å². The van der Waals surface area contributed by atoms with Gasteiger partial charge in [0, 0.05) is 32.2 Å². The van der Waals surface area contributed by atoms with Crippen LogP contribution in [0.2, 0.25) is 0 Å². The lowest BCUT2D eigenvalue weighted by molar-refractivity contribution is 0.0748. The number of sulfonamides is 1. The van der Waals surface area contributed by atoms with E-state index >= 15 is 0 Å². The van der Waals surface area contributed by atoms with Crippen molar-refractivity contribution in [2.45, 2.75) is 24.8 Å². The molecule has 0 heterocycles. The van der Waals surface area contributed by atoms with Crippen LogP contribution in [0.4, 0.5) is 5.69 Å². The van der Waals surface area contributed by atoms with Gasteiger partial charge in [0.05, 0.1) is 10.6 Å². The van der Waals surface area contributed by atoms with Gasteiger partial charge < -0.3 is 10.6 Å². The molecule has 2 aromatic carbocycles. The summed E-state index contributed by atoms with van der Waals surface area (Å²) in [6, 6.07) is 13.1. The van der Waals surface area contributed by atoms with Crippen molar-refractivity contribution in [2.24, 2.45) is 5.73 Å². The van der Waals surface area contributed by atoms with E-state index in [4.69, 9.17) is 5.73 Å². The number of anilines is 1. The molecule has 8 heteroatoms. The van der Waals surface area contributed by atoms with Gasteiger partial charge in [-0.25, -0.2) is 8.42 Å². The van der Waals surface area contributed by atoms with Gasteiger partial charge in [-0.1, -0.05) is 23.8 Å².